The monoisotopic (exact) mass is 404 g/mol. The summed E-state index contributed by atoms with van der Waals surface area (Å²) in [4.78, 5) is 0.957. The highest BCUT2D eigenvalue weighted by molar-refractivity contribution is 7.98. The van der Waals surface area contributed by atoms with Gasteiger partial charge in [-0.3, -0.25) is 0 Å². The molecular formula is C19H20ClF3O2S. The fourth-order valence-electron chi connectivity index (χ4n) is 2.38. The lowest BCUT2D eigenvalue weighted by Gasteiger charge is -2.17. The molecule has 26 heavy (non-hydrogen) atoms. The van der Waals surface area contributed by atoms with Crippen LogP contribution < -0.4 is 9.47 Å². The predicted octanol–water partition coefficient (Wildman–Crippen LogP) is 7.44. The summed E-state index contributed by atoms with van der Waals surface area (Å²) < 4.78 is 49.8. The Morgan fingerprint density at radius 3 is 2.42 bits per heavy atom. The molecule has 7 heteroatoms. The lowest BCUT2D eigenvalue weighted by Crippen LogP contribution is -2.11. The van der Waals surface area contributed by atoms with Crippen molar-refractivity contribution in [1.82, 2.24) is 0 Å². The van der Waals surface area contributed by atoms with Gasteiger partial charge in [-0.25, -0.2) is 0 Å². The number of hydrogen-bond acceptors (Lipinski definition) is 3. The Balaban J connectivity index is 2.24. The van der Waals surface area contributed by atoms with Crippen molar-refractivity contribution < 1.29 is 22.6 Å². The lowest BCUT2D eigenvalue weighted by molar-refractivity contribution is -0.137. The van der Waals surface area contributed by atoms with Crippen LogP contribution in [0.15, 0.2) is 41.3 Å². The Hall–Kier alpha value is -1.53. The molecule has 0 saturated carbocycles. The van der Waals surface area contributed by atoms with E-state index < -0.39 is 11.7 Å². The van der Waals surface area contributed by atoms with Gasteiger partial charge in [0.15, 0.2) is 0 Å². The number of thioether (sulfide) groups is 1. The van der Waals surface area contributed by atoms with Crippen molar-refractivity contribution in [2.45, 2.75) is 43.9 Å². The van der Waals surface area contributed by atoms with Crippen molar-refractivity contribution in [3.63, 3.8) is 0 Å². The van der Waals surface area contributed by atoms with Crippen LogP contribution in [0.5, 0.6) is 17.2 Å². The first kappa shape index (κ1) is 20.8. The van der Waals surface area contributed by atoms with Crippen LogP contribution in [0.25, 0.3) is 0 Å². The van der Waals surface area contributed by atoms with Gasteiger partial charge in [-0.1, -0.05) is 24.9 Å². The Morgan fingerprint density at radius 1 is 1.12 bits per heavy atom. The van der Waals surface area contributed by atoms with Gasteiger partial charge < -0.3 is 9.47 Å². The molecule has 0 spiro atoms. The molecular weight excluding hydrogens is 385 g/mol. The van der Waals surface area contributed by atoms with Gasteiger partial charge in [-0.05, 0) is 49.9 Å². The number of ether oxygens (including phenoxy) is 2. The minimum atomic E-state index is -4.45. The molecule has 0 radical (unpaired) electrons. The first-order valence-corrected chi connectivity index (χ1v) is 9.74. The highest BCUT2D eigenvalue weighted by atomic mass is 35.5. The molecule has 0 saturated heterocycles. The third-order valence-corrected chi connectivity index (χ3v) is 4.72. The number of hydrogen-bond donors (Lipinski definition) is 0. The van der Waals surface area contributed by atoms with Crippen LogP contribution in [0.4, 0.5) is 13.2 Å². The molecule has 2 aromatic rings. The van der Waals surface area contributed by atoms with Gasteiger partial charge in [-0.2, -0.15) is 13.2 Å². The molecule has 1 atom stereocenters. The average molecular weight is 405 g/mol. The van der Waals surface area contributed by atoms with E-state index in [2.05, 4.69) is 6.92 Å². The average Bonchev–Trinajstić information content (AvgIpc) is 2.56. The maximum Gasteiger partial charge on any atom is 0.416 e. The zero-order chi connectivity index (χ0) is 19.3. The van der Waals surface area contributed by atoms with Crippen molar-refractivity contribution in [2.24, 2.45) is 0 Å². The molecule has 0 aliphatic rings. The molecule has 0 heterocycles. The van der Waals surface area contributed by atoms with Crippen LogP contribution >= 0.6 is 23.4 Å². The molecule has 1 unspecified atom stereocenters. The first-order valence-electron chi connectivity index (χ1n) is 8.14. The molecule has 0 bridgehead atoms. The van der Waals surface area contributed by atoms with E-state index in [-0.39, 0.29) is 16.9 Å². The van der Waals surface area contributed by atoms with Crippen molar-refractivity contribution in [3.8, 4) is 17.2 Å². The van der Waals surface area contributed by atoms with Crippen molar-refractivity contribution in [2.75, 3.05) is 6.26 Å². The molecule has 0 aromatic heterocycles. The lowest BCUT2D eigenvalue weighted by atomic mass is 10.2. The maximum absolute atomic E-state index is 12.7. The van der Waals surface area contributed by atoms with Crippen molar-refractivity contribution in [1.29, 1.82) is 0 Å². The van der Waals surface area contributed by atoms with Crippen molar-refractivity contribution >= 4 is 23.4 Å². The Labute approximate surface area is 160 Å². The summed E-state index contributed by atoms with van der Waals surface area (Å²) in [5, 5.41) is -0.101. The number of benzene rings is 2. The van der Waals surface area contributed by atoms with Crippen LogP contribution in [0.2, 0.25) is 5.02 Å². The SMILES string of the molecule is CCCC(C)Oc1cc(Oc2ccc(C(F)(F)F)cc2Cl)ccc1SC. The normalized spacial score (nSPS) is 12.7. The summed E-state index contributed by atoms with van der Waals surface area (Å²) in [5.41, 5.74) is -0.815. The molecule has 0 N–H and O–H groups in total. The summed E-state index contributed by atoms with van der Waals surface area (Å²) >= 11 is 7.50. The molecule has 0 fully saturated rings. The second-order valence-electron chi connectivity index (χ2n) is 5.77. The van der Waals surface area contributed by atoms with Gasteiger partial charge in [0.1, 0.15) is 17.2 Å². The van der Waals surface area contributed by atoms with Crippen molar-refractivity contribution in [3.05, 3.63) is 47.0 Å². The van der Waals surface area contributed by atoms with E-state index in [9.17, 15) is 13.2 Å². The Morgan fingerprint density at radius 2 is 1.85 bits per heavy atom. The minimum Gasteiger partial charge on any atom is -0.489 e. The third kappa shape index (κ3) is 5.48. The summed E-state index contributed by atoms with van der Waals surface area (Å²) in [5.74, 6) is 1.28. The highest BCUT2D eigenvalue weighted by Crippen LogP contribution is 2.38. The third-order valence-electron chi connectivity index (χ3n) is 3.65. The largest absolute Gasteiger partial charge is 0.489 e. The van der Waals surface area contributed by atoms with E-state index in [0.717, 1.165) is 29.9 Å². The van der Waals surface area contributed by atoms with E-state index in [4.69, 9.17) is 21.1 Å². The summed E-state index contributed by atoms with van der Waals surface area (Å²) in [6.45, 7) is 4.08. The number of alkyl halides is 3. The molecule has 0 aliphatic heterocycles. The van der Waals surface area contributed by atoms with E-state index in [1.807, 2.05) is 19.2 Å². The van der Waals surface area contributed by atoms with E-state index >= 15 is 0 Å². The molecule has 2 nitrogen and oxygen atoms in total. The fraction of sp³-hybridized carbons (Fsp3) is 0.368. The minimum absolute atomic E-state index is 0.0517. The standard InChI is InChI=1S/C19H20ClF3O2S/c1-4-5-12(2)24-17-11-14(7-9-18(17)26-3)25-16-8-6-13(10-15(16)20)19(21,22)23/h6-12H,4-5H2,1-3H3. The number of halogens is 4. The van der Waals surface area contributed by atoms with E-state index in [1.54, 1.807) is 23.9 Å². The molecule has 2 aromatic carbocycles. The zero-order valence-electron chi connectivity index (χ0n) is 14.7. The second-order valence-corrected chi connectivity index (χ2v) is 7.03. The topological polar surface area (TPSA) is 18.5 Å². The summed E-state index contributed by atoms with van der Waals surface area (Å²) in [6, 6.07) is 8.33. The van der Waals surface area contributed by atoms with E-state index in [1.165, 1.54) is 6.07 Å². The zero-order valence-corrected chi connectivity index (χ0v) is 16.3. The van der Waals surface area contributed by atoms with Crippen LogP contribution in [0, 0.1) is 0 Å². The van der Waals surface area contributed by atoms with Gasteiger partial charge >= 0.3 is 6.18 Å². The Kier molecular flexibility index (Phi) is 7.12. The van der Waals surface area contributed by atoms with Crippen LogP contribution in [0.3, 0.4) is 0 Å². The van der Waals surface area contributed by atoms with Gasteiger partial charge in [0.2, 0.25) is 0 Å². The van der Waals surface area contributed by atoms with Gasteiger partial charge in [0.05, 0.1) is 16.7 Å². The Bertz CT molecular complexity index is 750. The quantitative estimate of drug-likeness (QED) is 0.447. The van der Waals surface area contributed by atoms with Crippen LogP contribution in [0.1, 0.15) is 32.3 Å². The summed E-state index contributed by atoms with van der Waals surface area (Å²) in [6.07, 6.45) is -0.522. The van der Waals surface area contributed by atoms with Gasteiger partial charge in [0.25, 0.3) is 0 Å². The van der Waals surface area contributed by atoms with E-state index in [0.29, 0.717) is 11.5 Å². The second kappa shape index (κ2) is 8.91. The molecule has 142 valence electrons. The summed E-state index contributed by atoms with van der Waals surface area (Å²) in [7, 11) is 0. The maximum atomic E-state index is 12.7. The molecule has 0 amide bonds. The molecule has 2 rings (SSSR count). The van der Waals surface area contributed by atoms with Gasteiger partial charge in [0, 0.05) is 11.0 Å². The van der Waals surface area contributed by atoms with Gasteiger partial charge in [-0.15, -0.1) is 11.8 Å². The predicted molar refractivity (Wildman–Crippen MR) is 99.7 cm³/mol. The smallest absolute Gasteiger partial charge is 0.416 e. The highest BCUT2D eigenvalue weighted by Gasteiger charge is 2.31. The first-order chi connectivity index (χ1) is 12.2. The number of rotatable bonds is 7. The fourth-order valence-corrected chi connectivity index (χ4v) is 3.11. The van der Waals surface area contributed by atoms with Crippen LogP contribution in [-0.2, 0) is 6.18 Å². The van der Waals surface area contributed by atoms with Crippen LogP contribution in [-0.4, -0.2) is 12.4 Å². The molecule has 0 aliphatic carbocycles.